The molecule has 0 unspecified atom stereocenters. The van der Waals surface area contributed by atoms with Crippen LogP contribution in [-0.4, -0.2) is 59.4 Å². The first-order valence-electron chi connectivity index (χ1n) is 8.70. The van der Waals surface area contributed by atoms with E-state index in [-0.39, 0.29) is 5.91 Å². The molecule has 1 amide bonds. The molecule has 0 atom stereocenters. The Kier molecular flexibility index (Phi) is 6.28. The number of hydrogen-bond donors (Lipinski definition) is 0. The lowest BCUT2D eigenvalue weighted by atomic mass is 10.0. The molecular weight excluding hydrogens is 352 g/mol. The van der Waals surface area contributed by atoms with Gasteiger partial charge in [0, 0.05) is 26.2 Å². The van der Waals surface area contributed by atoms with E-state index in [4.69, 9.17) is 17.0 Å². The van der Waals surface area contributed by atoms with Gasteiger partial charge in [-0.05, 0) is 23.1 Å². The van der Waals surface area contributed by atoms with Crippen molar-refractivity contribution in [3.63, 3.8) is 0 Å². The van der Waals surface area contributed by atoms with Crippen LogP contribution < -0.4 is 0 Å². The zero-order chi connectivity index (χ0) is 17.8. The third-order valence-corrected chi connectivity index (χ3v) is 5.90. The second-order valence-electron chi connectivity index (χ2n) is 6.61. The van der Waals surface area contributed by atoms with Crippen LogP contribution in [0.4, 0.5) is 0 Å². The van der Waals surface area contributed by atoms with E-state index in [1.54, 1.807) is 4.90 Å². The van der Waals surface area contributed by atoms with Gasteiger partial charge in [-0.2, -0.15) is 0 Å². The first-order chi connectivity index (χ1) is 12.0. The molecule has 2 heterocycles. The van der Waals surface area contributed by atoms with Gasteiger partial charge in [-0.25, -0.2) is 0 Å². The third kappa shape index (κ3) is 4.70. The minimum absolute atomic E-state index is 0.0243. The van der Waals surface area contributed by atoms with Crippen LogP contribution in [0.2, 0.25) is 0 Å². The van der Waals surface area contributed by atoms with E-state index < -0.39 is 0 Å². The van der Waals surface area contributed by atoms with Crippen LogP contribution in [-0.2, 0) is 9.53 Å². The van der Waals surface area contributed by atoms with Crippen molar-refractivity contribution in [1.29, 1.82) is 0 Å². The molecule has 4 nitrogen and oxygen atoms in total. The van der Waals surface area contributed by atoms with E-state index in [0.29, 0.717) is 21.7 Å². The fraction of sp³-hybridized carbons (Fsp3) is 0.474. The van der Waals surface area contributed by atoms with Gasteiger partial charge in [0.2, 0.25) is 0 Å². The zero-order valence-corrected chi connectivity index (χ0v) is 16.4. The first kappa shape index (κ1) is 18.6. The Bertz CT molecular complexity index is 665. The lowest BCUT2D eigenvalue weighted by Crippen LogP contribution is -2.42. The number of amides is 1. The standard InChI is InChI=1S/C19H24N2O2S2/c1-14(2)16-5-3-15(4-6-16)13-17-18(22)21(19(24)25-17)8-7-20-9-11-23-12-10-20/h3-6,13-14H,7-12H2,1-2H3/b17-13+. The Hall–Kier alpha value is -1.21. The first-order valence-corrected chi connectivity index (χ1v) is 9.92. The summed E-state index contributed by atoms with van der Waals surface area (Å²) in [4.78, 5) is 17.4. The van der Waals surface area contributed by atoms with Gasteiger partial charge in [-0.3, -0.25) is 14.6 Å². The zero-order valence-electron chi connectivity index (χ0n) is 14.7. The van der Waals surface area contributed by atoms with Gasteiger partial charge < -0.3 is 4.74 Å². The fourth-order valence-corrected chi connectivity index (χ4v) is 4.20. The molecule has 3 rings (SSSR count). The van der Waals surface area contributed by atoms with Gasteiger partial charge in [0.1, 0.15) is 4.32 Å². The van der Waals surface area contributed by atoms with E-state index in [9.17, 15) is 4.79 Å². The highest BCUT2D eigenvalue weighted by atomic mass is 32.2. The molecular formula is C19H24N2O2S2. The van der Waals surface area contributed by atoms with Crippen molar-refractivity contribution in [3.8, 4) is 0 Å². The minimum atomic E-state index is 0.0243. The predicted octanol–water partition coefficient (Wildman–Crippen LogP) is 3.34. The molecule has 1 aromatic rings. The average Bonchev–Trinajstić information content (AvgIpc) is 2.88. The maximum Gasteiger partial charge on any atom is 0.266 e. The van der Waals surface area contributed by atoms with Crippen molar-refractivity contribution in [2.45, 2.75) is 19.8 Å². The van der Waals surface area contributed by atoms with Crippen LogP contribution in [0, 0.1) is 0 Å². The van der Waals surface area contributed by atoms with Crippen LogP contribution in [0.15, 0.2) is 29.2 Å². The molecule has 0 aromatic heterocycles. The number of carbonyl (C=O) groups is 1. The maximum absolute atomic E-state index is 12.7. The van der Waals surface area contributed by atoms with E-state index in [1.807, 2.05) is 6.08 Å². The van der Waals surface area contributed by atoms with Crippen molar-refractivity contribution in [3.05, 3.63) is 40.3 Å². The molecule has 0 saturated carbocycles. The number of carbonyl (C=O) groups excluding carboxylic acids is 1. The number of benzene rings is 1. The number of ether oxygens (including phenoxy) is 1. The summed E-state index contributed by atoms with van der Waals surface area (Å²) < 4.78 is 6.01. The van der Waals surface area contributed by atoms with E-state index in [1.165, 1.54) is 17.3 Å². The van der Waals surface area contributed by atoms with Gasteiger partial charge in [0.05, 0.1) is 18.1 Å². The molecule has 0 bridgehead atoms. The summed E-state index contributed by atoms with van der Waals surface area (Å²) in [5.41, 5.74) is 2.34. The van der Waals surface area contributed by atoms with Crippen molar-refractivity contribution in [1.82, 2.24) is 9.80 Å². The normalized spacial score (nSPS) is 20.9. The Balaban J connectivity index is 1.63. The number of nitrogens with zero attached hydrogens (tertiary/aromatic N) is 2. The van der Waals surface area contributed by atoms with Crippen LogP contribution in [0.25, 0.3) is 6.08 Å². The summed E-state index contributed by atoms with van der Waals surface area (Å²) in [6.07, 6.45) is 1.94. The quantitative estimate of drug-likeness (QED) is 0.581. The van der Waals surface area contributed by atoms with Gasteiger partial charge >= 0.3 is 0 Å². The van der Waals surface area contributed by atoms with E-state index >= 15 is 0 Å². The largest absolute Gasteiger partial charge is 0.379 e. The SMILES string of the molecule is CC(C)c1ccc(/C=C2/SC(=S)N(CCN3CCOCC3)C2=O)cc1. The summed E-state index contributed by atoms with van der Waals surface area (Å²) in [6.45, 7) is 9.22. The Morgan fingerprint density at radius 1 is 1.20 bits per heavy atom. The molecule has 0 spiro atoms. The highest BCUT2D eigenvalue weighted by Gasteiger charge is 2.32. The monoisotopic (exact) mass is 376 g/mol. The summed E-state index contributed by atoms with van der Waals surface area (Å²) in [7, 11) is 0. The molecule has 1 aromatic carbocycles. The van der Waals surface area contributed by atoms with Crippen molar-refractivity contribution in [2.75, 3.05) is 39.4 Å². The van der Waals surface area contributed by atoms with Crippen LogP contribution in [0.5, 0.6) is 0 Å². The topological polar surface area (TPSA) is 32.8 Å². The number of morpholine rings is 1. The Morgan fingerprint density at radius 2 is 1.88 bits per heavy atom. The van der Waals surface area contributed by atoms with Crippen LogP contribution >= 0.6 is 24.0 Å². The molecule has 2 saturated heterocycles. The van der Waals surface area contributed by atoms with Crippen molar-refractivity contribution in [2.24, 2.45) is 0 Å². The lowest BCUT2D eigenvalue weighted by molar-refractivity contribution is -0.122. The number of thiocarbonyl (C=S) groups is 1. The lowest BCUT2D eigenvalue weighted by Gasteiger charge is -2.28. The maximum atomic E-state index is 12.7. The summed E-state index contributed by atoms with van der Waals surface area (Å²) in [6, 6.07) is 8.37. The summed E-state index contributed by atoms with van der Waals surface area (Å²) in [5, 5.41) is 0. The molecule has 6 heteroatoms. The van der Waals surface area contributed by atoms with Crippen LogP contribution in [0.1, 0.15) is 30.9 Å². The van der Waals surface area contributed by atoms with E-state index in [2.05, 4.69) is 43.0 Å². The van der Waals surface area contributed by atoms with Crippen molar-refractivity contribution < 1.29 is 9.53 Å². The molecule has 134 valence electrons. The van der Waals surface area contributed by atoms with Gasteiger partial charge in [0.15, 0.2) is 0 Å². The number of rotatable bonds is 5. The molecule has 0 N–H and O–H groups in total. The molecule has 2 aliphatic rings. The minimum Gasteiger partial charge on any atom is -0.379 e. The highest BCUT2D eigenvalue weighted by Crippen LogP contribution is 2.32. The molecule has 0 radical (unpaired) electrons. The number of hydrogen-bond acceptors (Lipinski definition) is 5. The molecule has 2 fully saturated rings. The second-order valence-corrected chi connectivity index (χ2v) is 8.28. The Labute approximate surface area is 159 Å². The smallest absolute Gasteiger partial charge is 0.266 e. The van der Waals surface area contributed by atoms with Gasteiger partial charge in [-0.1, -0.05) is 62.1 Å². The average molecular weight is 377 g/mol. The molecule has 0 aliphatic carbocycles. The van der Waals surface area contributed by atoms with Gasteiger partial charge in [0.25, 0.3) is 5.91 Å². The fourth-order valence-electron chi connectivity index (χ4n) is 2.89. The summed E-state index contributed by atoms with van der Waals surface area (Å²) in [5.74, 6) is 0.531. The second kappa shape index (κ2) is 8.45. The number of thioether (sulfide) groups is 1. The molecule has 2 aliphatic heterocycles. The Morgan fingerprint density at radius 3 is 2.52 bits per heavy atom. The molecule has 25 heavy (non-hydrogen) atoms. The van der Waals surface area contributed by atoms with Crippen LogP contribution in [0.3, 0.4) is 0 Å². The predicted molar refractivity (Wildman–Crippen MR) is 108 cm³/mol. The highest BCUT2D eigenvalue weighted by molar-refractivity contribution is 8.26. The van der Waals surface area contributed by atoms with E-state index in [0.717, 1.165) is 38.4 Å². The third-order valence-electron chi connectivity index (χ3n) is 4.52. The summed E-state index contributed by atoms with van der Waals surface area (Å²) >= 11 is 6.82. The van der Waals surface area contributed by atoms with Crippen molar-refractivity contribution >= 4 is 40.3 Å². The van der Waals surface area contributed by atoms with Gasteiger partial charge in [-0.15, -0.1) is 0 Å².